The molecule has 0 bridgehead atoms. The van der Waals surface area contributed by atoms with E-state index < -0.39 is 0 Å². The molecule has 1 N–H and O–H groups in total. The van der Waals surface area contributed by atoms with Crippen molar-refractivity contribution in [2.75, 3.05) is 19.7 Å². The maximum absolute atomic E-state index is 12.0. The summed E-state index contributed by atoms with van der Waals surface area (Å²) in [5.74, 6) is -0.325. The Morgan fingerprint density at radius 3 is 2.96 bits per heavy atom. The number of aromatic nitrogens is 1. The molecule has 1 rings (SSSR count). The molecule has 142 valence electrons. The van der Waals surface area contributed by atoms with E-state index in [1.54, 1.807) is 6.20 Å². The second kappa shape index (κ2) is 12.9. The molecule has 1 aromatic rings. The number of nitrogens with zero attached hydrogens (tertiary/aromatic N) is 3. The van der Waals surface area contributed by atoms with Crippen LogP contribution in [0.3, 0.4) is 0 Å². The molecule has 0 amide bonds. The van der Waals surface area contributed by atoms with Crippen LogP contribution in [0.1, 0.15) is 45.2 Å². The molecule has 0 fully saturated rings. The van der Waals surface area contributed by atoms with Gasteiger partial charge in [-0.1, -0.05) is 26.0 Å². The molecule has 6 heteroatoms. The zero-order valence-corrected chi connectivity index (χ0v) is 15.9. The van der Waals surface area contributed by atoms with Gasteiger partial charge in [0.05, 0.1) is 24.7 Å². The quantitative estimate of drug-likeness (QED) is 0.431. The number of hydrogen-bond donors (Lipinski definition) is 1. The van der Waals surface area contributed by atoms with Gasteiger partial charge in [0, 0.05) is 31.0 Å². The van der Waals surface area contributed by atoms with Crippen molar-refractivity contribution in [1.82, 2.24) is 15.2 Å². The maximum Gasteiger partial charge on any atom is 0.320 e. The van der Waals surface area contributed by atoms with Gasteiger partial charge in [-0.25, -0.2) is 0 Å². The highest BCUT2D eigenvalue weighted by Crippen LogP contribution is 2.07. The predicted octanol–water partition coefficient (Wildman–Crippen LogP) is 3.02. The third kappa shape index (κ3) is 9.80. The molecule has 26 heavy (non-hydrogen) atoms. The van der Waals surface area contributed by atoms with Gasteiger partial charge < -0.3 is 10.1 Å². The SMILES string of the molecule is C=C(CCN(CC(=O)OCCC#N)Cc1ccccn1)NC(C)CCC. The molecule has 6 nitrogen and oxygen atoms in total. The van der Waals surface area contributed by atoms with E-state index in [1.807, 2.05) is 29.2 Å². The minimum absolute atomic E-state index is 0.134. The Balaban J connectivity index is 2.55. The lowest BCUT2D eigenvalue weighted by Crippen LogP contribution is -2.33. The molecule has 0 aliphatic heterocycles. The van der Waals surface area contributed by atoms with E-state index in [-0.39, 0.29) is 25.5 Å². The summed E-state index contributed by atoms with van der Waals surface area (Å²) in [6.45, 7) is 9.93. The van der Waals surface area contributed by atoms with Gasteiger partial charge in [0.15, 0.2) is 0 Å². The van der Waals surface area contributed by atoms with Crippen LogP contribution < -0.4 is 5.32 Å². The Kier molecular flexibility index (Phi) is 10.7. The standard InChI is InChI=1S/C20H30N4O2/c1-4-8-17(2)23-18(3)10-13-24(15-19-9-5-6-12-22-19)16-20(25)26-14-7-11-21/h5-6,9,12,17,23H,3-4,7-8,10,13-16H2,1-2H3. The zero-order chi connectivity index (χ0) is 19.2. The molecule has 0 spiro atoms. The maximum atomic E-state index is 12.0. The lowest BCUT2D eigenvalue weighted by atomic mass is 10.2. The third-order valence-corrected chi connectivity index (χ3v) is 3.84. The van der Waals surface area contributed by atoms with E-state index >= 15 is 0 Å². The van der Waals surface area contributed by atoms with Crippen LogP contribution in [0.5, 0.6) is 0 Å². The van der Waals surface area contributed by atoms with E-state index in [2.05, 4.69) is 30.7 Å². The van der Waals surface area contributed by atoms with Crippen molar-refractivity contribution in [1.29, 1.82) is 5.26 Å². The van der Waals surface area contributed by atoms with Gasteiger partial charge in [-0.05, 0) is 31.9 Å². The minimum Gasteiger partial charge on any atom is -0.464 e. The topological polar surface area (TPSA) is 78.2 Å². The average molecular weight is 358 g/mol. The van der Waals surface area contributed by atoms with Crippen LogP contribution >= 0.6 is 0 Å². The van der Waals surface area contributed by atoms with Crippen molar-refractivity contribution >= 4 is 5.97 Å². The number of carbonyl (C=O) groups excluding carboxylic acids is 1. The van der Waals surface area contributed by atoms with Crippen LogP contribution in [0.2, 0.25) is 0 Å². The van der Waals surface area contributed by atoms with Crippen molar-refractivity contribution in [3.8, 4) is 6.07 Å². The minimum atomic E-state index is -0.325. The summed E-state index contributed by atoms with van der Waals surface area (Å²) in [7, 11) is 0. The van der Waals surface area contributed by atoms with Gasteiger partial charge in [-0.2, -0.15) is 5.26 Å². The number of nitrogens with one attached hydrogen (secondary N) is 1. The molecule has 1 aromatic heterocycles. The van der Waals surface area contributed by atoms with E-state index in [9.17, 15) is 4.79 Å². The van der Waals surface area contributed by atoms with Gasteiger partial charge in [-0.15, -0.1) is 0 Å². The van der Waals surface area contributed by atoms with Gasteiger partial charge in [-0.3, -0.25) is 14.7 Å². The molecule has 0 aromatic carbocycles. The summed E-state index contributed by atoms with van der Waals surface area (Å²) < 4.78 is 5.09. The Bertz CT molecular complexity index is 583. The first-order valence-electron chi connectivity index (χ1n) is 9.14. The first-order chi connectivity index (χ1) is 12.5. The summed E-state index contributed by atoms with van der Waals surface area (Å²) >= 11 is 0. The molecular weight excluding hydrogens is 328 g/mol. The van der Waals surface area contributed by atoms with Crippen LogP contribution in [0.15, 0.2) is 36.7 Å². The normalized spacial score (nSPS) is 11.6. The Morgan fingerprint density at radius 2 is 2.31 bits per heavy atom. The molecule has 1 heterocycles. The first-order valence-corrected chi connectivity index (χ1v) is 9.14. The molecule has 0 saturated carbocycles. The largest absolute Gasteiger partial charge is 0.464 e. The highest BCUT2D eigenvalue weighted by Gasteiger charge is 2.14. The monoisotopic (exact) mass is 358 g/mol. The lowest BCUT2D eigenvalue weighted by Gasteiger charge is -2.23. The molecule has 1 atom stereocenters. The smallest absolute Gasteiger partial charge is 0.320 e. The highest BCUT2D eigenvalue weighted by molar-refractivity contribution is 5.71. The van der Waals surface area contributed by atoms with Gasteiger partial charge in [0.25, 0.3) is 0 Å². The molecule has 0 aliphatic carbocycles. The van der Waals surface area contributed by atoms with E-state index in [0.717, 1.165) is 30.7 Å². The second-order valence-corrected chi connectivity index (χ2v) is 6.35. The van der Waals surface area contributed by atoms with Crippen molar-refractivity contribution < 1.29 is 9.53 Å². The number of hydrogen-bond acceptors (Lipinski definition) is 6. The van der Waals surface area contributed by atoms with Crippen LogP contribution in [0.4, 0.5) is 0 Å². The molecule has 0 saturated heterocycles. The Morgan fingerprint density at radius 1 is 1.50 bits per heavy atom. The van der Waals surface area contributed by atoms with Crippen LogP contribution in [0.25, 0.3) is 0 Å². The zero-order valence-electron chi connectivity index (χ0n) is 15.9. The fourth-order valence-corrected chi connectivity index (χ4v) is 2.59. The number of esters is 1. The third-order valence-electron chi connectivity index (χ3n) is 3.84. The van der Waals surface area contributed by atoms with E-state index in [4.69, 9.17) is 10.00 Å². The van der Waals surface area contributed by atoms with Gasteiger partial charge in [0.2, 0.25) is 0 Å². The molecule has 1 unspecified atom stereocenters. The van der Waals surface area contributed by atoms with Gasteiger partial charge in [0.1, 0.15) is 6.61 Å². The Labute approximate surface area is 156 Å². The fourth-order valence-electron chi connectivity index (χ4n) is 2.59. The number of ether oxygens (including phenoxy) is 1. The number of carbonyl (C=O) groups is 1. The van der Waals surface area contributed by atoms with Crippen LogP contribution in [0, 0.1) is 11.3 Å². The van der Waals surface area contributed by atoms with Crippen LogP contribution in [-0.2, 0) is 16.1 Å². The van der Waals surface area contributed by atoms with Crippen molar-refractivity contribution in [3.05, 3.63) is 42.4 Å². The second-order valence-electron chi connectivity index (χ2n) is 6.35. The summed E-state index contributed by atoms with van der Waals surface area (Å²) in [6.07, 6.45) is 4.92. The number of pyridine rings is 1. The molecular formula is C20H30N4O2. The van der Waals surface area contributed by atoms with E-state index in [0.29, 0.717) is 19.1 Å². The summed E-state index contributed by atoms with van der Waals surface area (Å²) in [5.41, 5.74) is 1.87. The van der Waals surface area contributed by atoms with Crippen molar-refractivity contribution in [2.24, 2.45) is 0 Å². The predicted molar refractivity (Wildman–Crippen MR) is 102 cm³/mol. The summed E-state index contributed by atoms with van der Waals surface area (Å²) in [5, 5.41) is 11.9. The van der Waals surface area contributed by atoms with E-state index in [1.165, 1.54) is 0 Å². The summed E-state index contributed by atoms with van der Waals surface area (Å²) in [6, 6.07) is 8.09. The van der Waals surface area contributed by atoms with Crippen molar-refractivity contribution in [2.45, 2.75) is 52.1 Å². The number of nitriles is 1. The Hall–Kier alpha value is -2.39. The fraction of sp³-hybridized carbons (Fsp3) is 0.550. The first kappa shape index (κ1) is 21.7. The van der Waals surface area contributed by atoms with Gasteiger partial charge >= 0.3 is 5.97 Å². The molecule has 0 aliphatic rings. The molecule has 0 radical (unpaired) electrons. The lowest BCUT2D eigenvalue weighted by molar-refractivity contribution is -0.144. The van der Waals surface area contributed by atoms with Crippen LogP contribution in [-0.4, -0.2) is 41.6 Å². The average Bonchev–Trinajstić information content (AvgIpc) is 2.61. The van der Waals surface area contributed by atoms with Crippen molar-refractivity contribution in [3.63, 3.8) is 0 Å². The number of rotatable bonds is 13. The highest BCUT2D eigenvalue weighted by atomic mass is 16.5. The summed E-state index contributed by atoms with van der Waals surface area (Å²) in [4.78, 5) is 18.3.